The quantitative estimate of drug-likeness (QED) is 0.465. The molecule has 0 aliphatic carbocycles. The van der Waals surface area contributed by atoms with Crippen LogP contribution in [0.3, 0.4) is 0 Å². The third-order valence-electron chi connectivity index (χ3n) is 2.38. The molecule has 0 heterocycles. The molecule has 0 N–H and O–H groups in total. The van der Waals surface area contributed by atoms with Crippen LogP contribution in [0, 0.1) is 6.07 Å². The van der Waals surface area contributed by atoms with Crippen LogP contribution in [0.15, 0.2) is 24.3 Å². The summed E-state index contributed by atoms with van der Waals surface area (Å²) >= 11 is 0. The fraction of sp³-hybridized carbons (Fsp3) is 0.455. The molecule has 68 valence electrons. The van der Waals surface area contributed by atoms with E-state index in [1.807, 2.05) is 12.1 Å². The smallest absolute Gasteiger partial charge is 1.00 e. The van der Waals surface area contributed by atoms with Crippen molar-refractivity contribution in [3.8, 4) is 0 Å². The van der Waals surface area contributed by atoms with E-state index in [0.717, 1.165) is 0 Å². The fourth-order valence-corrected chi connectivity index (χ4v) is 1.04. The van der Waals surface area contributed by atoms with Gasteiger partial charge in [0, 0.05) is 0 Å². The molecule has 1 aromatic carbocycles. The predicted molar refractivity (Wildman–Crippen MR) is 54.3 cm³/mol. The van der Waals surface area contributed by atoms with Gasteiger partial charge in [-0.25, -0.2) is 0 Å². The van der Waals surface area contributed by atoms with Gasteiger partial charge < -0.3 is 12.4 Å². The molecule has 0 aromatic heterocycles. The van der Waals surface area contributed by atoms with Crippen LogP contribution in [0.5, 0.6) is 0 Å². The van der Waals surface area contributed by atoms with Gasteiger partial charge in [-0.1, -0.05) is 20.8 Å². The van der Waals surface area contributed by atoms with E-state index in [1.54, 1.807) is 0 Å². The number of hydrogen-bond donors (Lipinski definition) is 0. The summed E-state index contributed by atoms with van der Waals surface area (Å²) in [7, 11) is 0. The standard InChI is InChI=1S/C11H15.ClH.Mg/c1-4-11(2,3)10-8-6-5-7-9-10;;/h6-9H,4H2,1-3H3;1H;/q-1;;+2/p-1. The summed E-state index contributed by atoms with van der Waals surface area (Å²) < 4.78 is 0. The van der Waals surface area contributed by atoms with Gasteiger partial charge in [-0.05, 0) is 11.8 Å². The second kappa shape index (κ2) is 6.69. The molecule has 0 unspecified atom stereocenters. The first-order chi connectivity index (χ1) is 5.17. The Kier molecular flexibility index (Phi) is 8.10. The van der Waals surface area contributed by atoms with E-state index in [4.69, 9.17) is 0 Å². The molecule has 0 saturated heterocycles. The Labute approximate surface area is 104 Å². The Balaban J connectivity index is 0. The van der Waals surface area contributed by atoms with Gasteiger partial charge in [0.2, 0.25) is 0 Å². The van der Waals surface area contributed by atoms with Crippen LogP contribution in [-0.4, -0.2) is 23.1 Å². The second-order valence-corrected chi connectivity index (χ2v) is 3.53. The predicted octanol–water partition coefficient (Wildman–Crippen LogP) is -0.202. The van der Waals surface area contributed by atoms with Crippen LogP contribution in [0.1, 0.15) is 32.8 Å². The Morgan fingerprint density at radius 1 is 1.23 bits per heavy atom. The summed E-state index contributed by atoms with van der Waals surface area (Å²) in [6.45, 7) is 6.75. The summed E-state index contributed by atoms with van der Waals surface area (Å²) in [5, 5.41) is 0. The van der Waals surface area contributed by atoms with Gasteiger partial charge in [0.05, 0.1) is 0 Å². The molecule has 0 nitrogen and oxygen atoms in total. The molecule has 0 aliphatic rings. The zero-order chi connectivity index (χ0) is 8.32. The second-order valence-electron chi connectivity index (χ2n) is 3.53. The summed E-state index contributed by atoms with van der Waals surface area (Å²) in [6, 6.07) is 11.3. The van der Waals surface area contributed by atoms with E-state index >= 15 is 0 Å². The minimum absolute atomic E-state index is 0. The van der Waals surface area contributed by atoms with Crippen molar-refractivity contribution in [2.45, 2.75) is 32.6 Å². The van der Waals surface area contributed by atoms with E-state index in [9.17, 15) is 0 Å². The largest absolute Gasteiger partial charge is 2.00 e. The van der Waals surface area contributed by atoms with Crippen LogP contribution in [-0.2, 0) is 5.41 Å². The van der Waals surface area contributed by atoms with Gasteiger partial charge in [0.15, 0.2) is 0 Å². The van der Waals surface area contributed by atoms with Gasteiger partial charge in [0.25, 0.3) is 0 Å². The zero-order valence-electron chi connectivity index (χ0n) is 8.60. The van der Waals surface area contributed by atoms with Crippen LogP contribution < -0.4 is 12.4 Å². The Hall–Kier alpha value is 0.276. The van der Waals surface area contributed by atoms with Crippen LogP contribution in [0.4, 0.5) is 0 Å². The molecule has 0 bridgehead atoms. The maximum atomic E-state index is 3.03. The van der Waals surface area contributed by atoms with E-state index in [2.05, 4.69) is 39.0 Å². The van der Waals surface area contributed by atoms with Gasteiger partial charge >= 0.3 is 23.1 Å². The average molecular weight is 207 g/mol. The number of benzene rings is 1. The molecule has 0 radical (unpaired) electrons. The van der Waals surface area contributed by atoms with Crippen LogP contribution in [0.2, 0.25) is 0 Å². The van der Waals surface area contributed by atoms with E-state index in [0.29, 0.717) is 5.41 Å². The summed E-state index contributed by atoms with van der Waals surface area (Å²) in [6.07, 6.45) is 1.18. The Morgan fingerprint density at radius 3 is 2.08 bits per heavy atom. The molecule has 1 aromatic rings. The van der Waals surface area contributed by atoms with Crippen molar-refractivity contribution in [2.24, 2.45) is 0 Å². The SMILES string of the molecule is CCC(C)(C)c1cc[c-]cc1.[Cl-].[Mg+2]. The van der Waals surface area contributed by atoms with Gasteiger partial charge in [-0.15, -0.1) is 0 Å². The third kappa shape index (κ3) is 4.34. The topological polar surface area (TPSA) is 0 Å². The molecule has 2 heteroatoms. The van der Waals surface area contributed by atoms with E-state index < -0.39 is 0 Å². The van der Waals surface area contributed by atoms with Gasteiger partial charge in [0.1, 0.15) is 0 Å². The molecule has 0 atom stereocenters. The van der Waals surface area contributed by atoms with Crippen molar-refractivity contribution in [3.63, 3.8) is 0 Å². The maximum Gasteiger partial charge on any atom is 2.00 e. The van der Waals surface area contributed by atoms with Crippen molar-refractivity contribution in [1.29, 1.82) is 0 Å². The van der Waals surface area contributed by atoms with Crippen LogP contribution in [0.25, 0.3) is 0 Å². The minimum Gasteiger partial charge on any atom is -1.00 e. The monoisotopic (exact) mass is 206 g/mol. The number of rotatable bonds is 2. The first kappa shape index (κ1) is 15.7. The molecule has 0 saturated carbocycles. The Bertz CT molecular complexity index is 219. The molecular formula is C11H15ClMg. The zero-order valence-corrected chi connectivity index (χ0v) is 10.8. The summed E-state index contributed by atoms with van der Waals surface area (Å²) in [5.41, 5.74) is 1.72. The number of hydrogen-bond acceptors (Lipinski definition) is 0. The molecule has 1 rings (SSSR count). The van der Waals surface area contributed by atoms with E-state index in [1.165, 1.54) is 12.0 Å². The number of halogens is 1. The normalized spacial score (nSPS) is 9.77. The van der Waals surface area contributed by atoms with Gasteiger partial charge in [-0.2, -0.15) is 35.9 Å². The van der Waals surface area contributed by atoms with Crippen molar-refractivity contribution in [3.05, 3.63) is 35.9 Å². The molecule has 0 aliphatic heterocycles. The van der Waals surface area contributed by atoms with Crippen molar-refractivity contribution < 1.29 is 12.4 Å². The summed E-state index contributed by atoms with van der Waals surface area (Å²) in [4.78, 5) is 0. The molecular weight excluding hydrogens is 192 g/mol. The van der Waals surface area contributed by atoms with Crippen molar-refractivity contribution in [1.82, 2.24) is 0 Å². The fourth-order valence-electron chi connectivity index (χ4n) is 1.04. The van der Waals surface area contributed by atoms with Crippen molar-refractivity contribution in [2.75, 3.05) is 0 Å². The van der Waals surface area contributed by atoms with Crippen molar-refractivity contribution >= 4 is 23.1 Å². The molecule has 0 amide bonds. The molecule has 0 spiro atoms. The average Bonchev–Trinajstić information content (AvgIpc) is 2.06. The third-order valence-corrected chi connectivity index (χ3v) is 2.38. The maximum absolute atomic E-state index is 3.03. The summed E-state index contributed by atoms with van der Waals surface area (Å²) in [5.74, 6) is 0. The molecule has 0 fully saturated rings. The first-order valence-electron chi connectivity index (χ1n) is 4.13. The van der Waals surface area contributed by atoms with Crippen LogP contribution >= 0.6 is 0 Å². The minimum atomic E-state index is 0. The van der Waals surface area contributed by atoms with E-state index in [-0.39, 0.29) is 35.5 Å². The molecule has 13 heavy (non-hydrogen) atoms. The van der Waals surface area contributed by atoms with Gasteiger partial charge in [-0.3, -0.25) is 0 Å². The Morgan fingerprint density at radius 2 is 1.69 bits per heavy atom. The first-order valence-corrected chi connectivity index (χ1v) is 4.13.